The van der Waals surface area contributed by atoms with Crippen molar-refractivity contribution in [2.24, 2.45) is 11.8 Å². The standard InChI is InChI=1S/C41H41Cl2F2N3O6.H2O/c42-32-21-46-22-33(43)31(32)19-35(30-12-13-34(54-41(44)45)36(18-30)51-24-26-6-7-26)52-39(49)29-10-8-25(9-11-29)20-47-38(28-4-2-1-3-5-28)40(50)53-37-23-48-16-14-27(37)15-17-48;/h1-5,8-13,18,21-22,26-27,35,37-38,41,47H,6-7,14-17,19-20,23-24H2;1H2/t35-,37-,38?;/m0./s1. The Hall–Kier alpha value is -4.33. The van der Waals surface area contributed by atoms with E-state index < -0.39 is 24.7 Å². The molecule has 1 aromatic heterocycles. The number of carbonyl (C=O) groups excluding carboxylic acids is 2. The maximum atomic E-state index is 13.7. The molecule has 8 rings (SSSR count). The van der Waals surface area contributed by atoms with Crippen LogP contribution in [0.5, 0.6) is 11.5 Å². The van der Waals surface area contributed by atoms with E-state index in [1.165, 1.54) is 6.07 Å². The minimum absolute atomic E-state index is 0. The Balaban J connectivity index is 0.00000514. The molecule has 292 valence electrons. The van der Waals surface area contributed by atoms with Gasteiger partial charge in [-0.1, -0.05) is 71.7 Å². The molecule has 4 fully saturated rings. The van der Waals surface area contributed by atoms with E-state index in [-0.39, 0.29) is 41.0 Å². The first kappa shape index (κ1) is 40.3. The van der Waals surface area contributed by atoms with E-state index in [0.717, 1.165) is 56.4 Å². The van der Waals surface area contributed by atoms with Gasteiger partial charge in [-0.25, -0.2) is 14.6 Å². The molecule has 4 aromatic rings. The molecular weight excluding hydrogens is 755 g/mol. The molecule has 1 saturated carbocycles. The number of aromatic nitrogens is 1. The maximum Gasteiger partial charge on any atom is 0.387 e. The number of H-pyrrole nitrogens is 1. The molecule has 3 N–H and O–H groups in total. The average Bonchev–Trinajstić information content (AvgIpc) is 4.01. The van der Waals surface area contributed by atoms with Crippen LogP contribution < -0.4 is 19.8 Å². The van der Waals surface area contributed by atoms with Crippen molar-refractivity contribution in [1.82, 2.24) is 10.2 Å². The summed E-state index contributed by atoms with van der Waals surface area (Å²) < 4.78 is 49.3. The second-order valence-electron chi connectivity index (χ2n) is 14.1. The van der Waals surface area contributed by atoms with Crippen LogP contribution in [0, 0.1) is 11.8 Å². The number of esters is 2. The summed E-state index contributed by atoms with van der Waals surface area (Å²) in [6, 6.07) is 20.2. The molecule has 3 atom stereocenters. The monoisotopic (exact) mass is 797 g/mol. The number of carbonyl (C=O) groups is 2. The molecule has 1 unspecified atom stereocenters. The number of rotatable bonds is 16. The Morgan fingerprint density at radius 2 is 1.60 bits per heavy atom. The van der Waals surface area contributed by atoms with Gasteiger partial charge >= 0.3 is 18.6 Å². The van der Waals surface area contributed by atoms with Gasteiger partial charge in [0.25, 0.3) is 0 Å². The van der Waals surface area contributed by atoms with Crippen LogP contribution in [0.4, 0.5) is 8.78 Å². The molecule has 2 bridgehead atoms. The highest BCUT2D eigenvalue weighted by Gasteiger charge is 2.38. The van der Waals surface area contributed by atoms with Crippen LogP contribution in [-0.4, -0.2) is 61.3 Å². The molecule has 4 heterocycles. The largest absolute Gasteiger partial charge is 0.870 e. The summed E-state index contributed by atoms with van der Waals surface area (Å²) in [4.78, 5) is 32.5. The lowest BCUT2D eigenvalue weighted by Crippen LogP contribution is -2.52. The van der Waals surface area contributed by atoms with Gasteiger partial charge < -0.3 is 24.4 Å². The molecule has 0 amide bonds. The quantitative estimate of drug-likeness (QED) is 0.114. The molecule has 3 saturated heterocycles. The van der Waals surface area contributed by atoms with Crippen LogP contribution in [-0.2, 0) is 27.2 Å². The summed E-state index contributed by atoms with van der Waals surface area (Å²) in [6.07, 6.45) is 6.28. The lowest BCUT2D eigenvalue weighted by Gasteiger charge is -2.44. The van der Waals surface area contributed by atoms with Gasteiger partial charge in [0.15, 0.2) is 23.9 Å². The number of nitrogens with one attached hydrogen (secondary N) is 2. The molecule has 3 aliphatic heterocycles. The molecule has 4 aliphatic rings. The zero-order chi connectivity index (χ0) is 37.6. The second-order valence-corrected chi connectivity index (χ2v) is 14.9. The first-order valence-electron chi connectivity index (χ1n) is 18.3. The van der Waals surface area contributed by atoms with Gasteiger partial charge in [0, 0.05) is 25.1 Å². The van der Waals surface area contributed by atoms with Crippen LogP contribution in [0.2, 0.25) is 10.0 Å². The van der Waals surface area contributed by atoms with Crippen molar-refractivity contribution < 1.29 is 47.8 Å². The number of benzene rings is 3. The Kier molecular flexibility index (Phi) is 13.6. The molecule has 14 heteroatoms. The summed E-state index contributed by atoms with van der Waals surface area (Å²) in [5, 5.41) is 4.04. The van der Waals surface area contributed by atoms with Gasteiger partial charge in [0.05, 0.1) is 12.2 Å². The van der Waals surface area contributed by atoms with Crippen LogP contribution in [0.1, 0.15) is 70.4 Å². The number of hydrogen-bond donors (Lipinski definition) is 1. The summed E-state index contributed by atoms with van der Waals surface area (Å²) in [7, 11) is 0. The number of pyridine rings is 1. The van der Waals surface area contributed by atoms with Gasteiger partial charge in [-0.05, 0) is 91.6 Å². The smallest absolute Gasteiger partial charge is 0.387 e. The lowest BCUT2D eigenvalue weighted by molar-refractivity contribution is -0.377. The highest BCUT2D eigenvalue weighted by atomic mass is 35.5. The number of alkyl halides is 2. The zero-order valence-electron chi connectivity index (χ0n) is 30.0. The molecule has 1 aliphatic carbocycles. The Bertz CT molecular complexity index is 1890. The number of hydrogen-bond acceptors (Lipinski definition) is 9. The van der Waals surface area contributed by atoms with Gasteiger partial charge in [-0.15, -0.1) is 0 Å². The molecule has 10 nitrogen and oxygen atoms in total. The highest BCUT2D eigenvalue weighted by Crippen LogP contribution is 2.38. The minimum Gasteiger partial charge on any atom is -0.870 e. The van der Waals surface area contributed by atoms with Crippen molar-refractivity contribution in [3.8, 4) is 11.5 Å². The first-order valence-corrected chi connectivity index (χ1v) is 19.0. The third-order valence-corrected chi connectivity index (χ3v) is 11.0. The fourth-order valence-electron chi connectivity index (χ4n) is 7.03. The summed E-state index contributed by atoms with van der Waals surface area (Å²) in [6.45, 7) is 0.533. The van der Waals surface area contributed by atoms with Gasteiger partial charge in [0.2, 0.25) is 0 Å². The summed E-state index contributed by atoms with van der Waals surface area (Å²) in [5.41, 5.74) is 2.94. The maximum absolute atomic E-state index is 13.7. The normalized spacial score (nSPS) is 19.9. The number of nitrogens with zero attached hydrogens (tertiary/aromatic N) is 1. The van der Waals surface area contributed by atoms with E-state index in [1.54, 1.807) is 48.8 Å². The predicted molar refractivity (Wildman–Crippen MR) is 200 cm³/mol. The van der Waals surface area contributed by atoms with Gasteiger partial charge in [-0.2, -0.15) is 8.78 Å². The Morgan fingerprint density at radius 3 is 2.24 bits per heavy atom. The SMILES string of the molecule is O=C(O[C@@H](Cc1c(Cl)c[nH+]cc1Cl)c1ccc(OC(F)F)c(OCC2CC2)c1)c1ccc(CNC(C(=O)O[C@H]2CN3CCC2CC3)c2ccccc2)cc1.[OH-]. The van der Waals surface area contributed by atoms with Crippen molar-refractivity contribution >= 4 is 35.1 Å². The van der Waals surface area contributed by atoms with Gasteiger partial charge in [-0.3, -0.25) is 10.2 Å². The first-order chi connectivity index (χ1) is 26.2. The molecule has 55 heavy (non-hydrogen) atoms. The molecular formula is C41H43Cl2F2N3O7. The second kappa shape index (κ2) is 18.5. The predicted octanol–water partition coefficient (Wildman–Crippen LogP) is 7.63. The number of piperidine rings is 3. The summed E-state index contributed by atoms with van der Waals surface area (Å²) in [5.74, 6) is -0.174. The lowest BCUT2D eigenvalue weighted by atomic mass is 9.86. The molecule has 3 aromatic carbocycles. The van der Waals surface area contributed by atoms with Crippen molar-refractivity contribution in [3.05, 3.63) is 123 Å². The van der Waals surface area contributed by atoms with E-state index in [9.17, 15) is 18.4 Å². The average molecular weight is 799 g/mol. The fraction of sp³-hybridized carbons (Fsp3) is 0.390. The highest BCUT2D eigenvalue weighted by molar-refractivity contribution is 6.35. The number of fused-ring (bicyclic) bond motifs is 3. The van der Waals surface area contributed by atoms with Crippen LogP contribution >= 0.6 is 23.2 Å². The molecule has 0 radical (unpaired) electrons. The zero-order valence-corrected chi connectivity index (χ0v) is 31.5. The van der Waals surface area contributed by atoms with E-state index >= 15 is 0 Å². The van der Waals surface area contributed by atoms with E-state index in [0.29, 0.717) is 46.2 Å². The third-order valence-electron chi connectivity index (χ3n) is 10.3. The van der Waals surface area contributed by atoms with Crippen molar-refractivity contribution in [3.63, 3.8) is 0 Å². The van der Waals surface area contributed by atoms with Crippen molar-refractivity contribution in [2.75, 3.05) is 26.2 Å². The topological polar surface area (TPSA) is 130 Å². The van der Waals surface area contributed by atoms with E-state index in [4.69, 9.17) is 42.1 Å². The minimum atomic E-state index is -3.04. The van der Waals surface area contributed by atoms with Crippen LogP contribution in [0.25, 0.3) is 0 Å². The Labute approximate surface area is 328 Å². The third kappa shape index (κ3) is 10.5. The number of halogens is 4. The number of aromatic amines is 1. The van der Waals surface area contributed by atoms with E-state index in [1.807, 2.05) is 30.3 Å². The van der Waals surface area contributed by atoms with Crippen LogP contribution in [0.15, 0.2) is 85.2 Å². The fourth-order valence-corrected chi connectivity index (χ4v) is 7.56. The van der Waals surface area contributed by atoms with Crippen molar-refractivity contribution in [2.45, 2.75) is 63.5 Å². The van der Waals surface area contributed by atoms with Crippen molar-refractivity contribution in [1.29, 1.82) is 0 Å². The summed E-state index contributed by atoms with van der Waals surface area (Å²) >= 11 is 13.0. The number of ether oxygens (including phenoxy) is 4. The molecule has 0 spiro atoms. The van der Waals surface area contributed by atoms with E-state index in [2.05, 4.69) is 15.2 Å². The Morgan fingerprint density at radius 1 is 0.891 bits per heavy atom. The van der Waals surface area contributed by atoms with Gasteiger partial charge in [0.1, 0.15) is 28.3 Å². The van der Waals surface area contributed by atoms with Crippen LogP contribution in [0.3, 0.4) is 0 Å².